The summed E-state index contributed by atoms with van der Waals surface area (Å²) in [5.74, 6) is 1.13. The van der Waals surface area contributed by atoms with E-state index in [9.17, 15) is 13.2 Å². The Hall–Kier alpha value is -1.86. The standard InChI is InChI=1S/C21H30N2O4S/c1-6-23(7-2)28(25,26)17-8-9-19-18(11-17)16(5)20(27-19)21(24)22-12-14(3)10-15(4)13-22/h8-9,11,14-15H,6-7,10,12-13H2,1-5H3. The zero-order chi connectivity index (χ0) is 20.6. The SMILES string of the molecule is CCN(CC)S(=O)(=O)c1ccc2oc(C(=O)N3CC(C)CC(C)C3)c(C)c2c1. The lowest BCUT2D eigenvalue weighted by molar-refractivity contribution is 0.0593. The molecule has 1 fully saturated rings. The van der Waals surface area contributed by atoms with Crippen LogP contribution in [-0.4, -0.2) is 49.7 Å². The van der Waals surface area contributed by atoms with Gasteiger partial charge in [-0.15, -0.1) is 0 Å². The molecule has 1 saturated heterocycles. The second kappa shape index (κ2) is 7.87. The number of furan rings is 1. The highest BCUT2D eigenvalue weighted by Crippen LogP contribution is 2.31. The first-order valence-electron chi connectivity index (χ1n) is 10.0. The smallest absolute Gasteiger partial charge is 0.289 e. The maximum atomic E-state index is 13.1. The van der Waals surface area contributed by atoms with Crippen LogP contribution in [0.25, 0.3) is 11.0 Å². The average molecular weight is 407 g/mol. The van der Waals surface area contributed by atoms with Crippen LogP contribution in [0.15, 0.2) is 27.5 Å². The van der Waals surface area contributed by atoms with E-state index in [4.69, 9.17) is 4.42 Å². The molecule has 1 aliphatic rings. The van der Waals surface area contributed by atoms with E-state index in [0.717, 1.165) is 19.5 Å². The quantitative estimate of drug-likeness (QED) is 0.755. The van der Waals surface area contributed by atoms with Gasteiger partial charge in [-0.1, -0.05) is 27.7 Å². The van der Waals surface area contributed by atoms with Crippen LogP contribution < -0.4 is 0 Å². The third-order valence-electron chi connectivity index (χ3n) is 5.60. The van der Waals surface area contributed by atoms with Crippen molar-refractivity contribution in [2.75, 3.05) is 26.2 Å². The summed E-state index contributed by atoms with van der Waals surface area (Å²) >= 11 is 0. The molecule has 1 aromatic carbocycles. The molecule has 2 unspecified atom stereocenters. The summed E-state index contributed by atoms with van der Waals surface area (Å²) in [4.78, 5) is 15.2. The molecule has 0 N–H and O–H groups in total. The summed E-state index contributed by atoms with van der Waals surface area (Å²) in [5, 5.41) is 0.676. The molecule has 1 amide bonds. The first-order chi connectivity index (χ1) is 13.2. The number of amides is 1. The molecule has 1 aliphatic heterocycles. The van der Waals surface area contributed by atoms with Crippen LogP contribution in [0.5, 0.6) is 0 Å². The number of sulfonamides is 1. The highest BCUT2D eigenvalue weighted by molar-refractivity contribution is 7.89. The Balaban J connectivity index is 1.99. The number of piperidine rings is 1. The minimum absolute atomic E-state index is 0.111. The lowest BCUT2D eigenvalue weighted by Gasteiger charge is -2.34. The molecule has 6 nitrogen and oxygen atoms in total. The summed E-state index contributed by atoms with van der Waals surface area (Å²) in [6, 6.07) is 4.83. The molecule has 28 heavy (non-hydrogen) atoms. The molecule has 1 aromatic heterocycles. The summed E-state index contributed by atoms with van der Waals surface area (Å²) in [5.41, 5.74) is 1.24. The van der Waals surface area contributed by atoms with Crippen molar-refractivity contribution in [3.8, 4) is 0 Å². The minimum Gasteiger partial charge on any atom is -0.451 e. The van der Waals surface area contributed by atoms with Gasteiger partial charge in [0.05, 0.1) is 4.90 Å². The van der Waals surface area contributed by atoms with Gasteiger partial charge in [0.2, 0.25) is 10.0 Å². The number of rotatable bonds is 5. The topological polar surface area (TPSA) is 70.8 Å². The Morgan fingerprint density at radius 2 is 1.79 bits per heavy atom. The molecule has 0 radical (unpaired) electrons. The van der Waals surface area contributed by atoms with Crippen LogP contribution in [0.4, 0.5) is 0 Å². The normalized spacial score (nSPS) is 20.9. The number of likely N-dealkylation sites (tertiary alicyclic amines) is 1. The van der Waals surface area contributed by atoms with E-state index in [2.05, 4.69) is 13.8 Å². The maximum absolute atomic E-state index is 13.1. The molecule has 3 rings (SSSR count). The van der Waals surface area contributed by atoms with E-state index in [-0.39, 0.29) is 10.8 Å². The maximum Gasteiger partial charge on any atom is 0.289 e. The first-order valence-corrected chi connectivity index (χ1v) is 11.5. The highest BCUT2D eigenvalue weighted by atomic mass is 32.2. The molecule has 2 heterocycles. The van der Waals surface area contributed by atoms with Crippen molar-refractivity contribution in [1.29, 1.82) is 0 Å². The molecule has 0 aliphatic carbocycles. The number of fused-ring (bicyclic) bond motifs is 1. The highest BCUT2D eigenvalue weighted by Gasteiger charge is 2.30. The minimum atomic E-state index is -3.56. The van der Waals surface area contributed by atoms with Crippen molar-refractivity contribution < 1.29 is 17.6 Å². The van der Waals surface area contributed by atoms with Crippen LogP contribution in [0.3, 0.4) is 0 Å². The number of aryl methyl sites for hydroxylation is 1. The van der Waals surface area contributed by atoms with Crippen LogP contribution in [0.1, 0.15) is 50.2 Å². The summed E-state index contributed by atoms with van der Waals surface area (Å²) in [6.07, 6.45) is 1.12. The second-order valence-corrected chi connectivity index (χ2v) is 9.90. The molecule has 7 heteroatoms. The fourth-order valence-corrected chi connectivity index (χ4v) is 5.73. The van der Waals surface area contributed by atoms with E-state index in [0.29, 0.717) is 47.2 Å². The Kier molecular flexibility index (Phi) is 5.87. The average Bonchev–Trinajstić information content (AvgIpc) is 2.97. The lowest BCUT2D eigenvalue weighted by atomic mass is 9.91. The fraction of sp³-hybridized carbons (Fsp3) is 0.571. The molecule has 0 saturated carbocycles. The van der Waals surface area contributed by atoms with Crippen molar-refractivity contribution in [2.24, 2.45) is 11.8 Å². The Morgan fingerprint density at radius 1 is 1.18 bits per heavy atom. The summed E-state index contributed by atoms with van der Waals surface area (Å²) in [7, 11) is -3.56. The molecular formula is C21H30N2O4S. The monoisotopic (exact) mass is 406 g/mol. The molecular weight excluding hydrogens is 376 g/mol. The van der Waals surface area contributed by atoms with Gasteiger partial charge in [0.15, 0.2) is 5.76 Å². The number of nitrogens with zero attached hydrogens (tertiary/aromatic N) is 2. The number of carbonyl (C=O) groups excluding carboxylic acids is 1. The van der Waals surface area contributed by atoms with Crippen molar-refractivity contribution in [2.45, 2.75) is 45.9 Å². The van der Waals surface area contributed by atoms with E-state index >= 15 is 0 Å². The van der Waals surface area contributed by atoms with Gasteiger partial charge >= 0.3 is 0 Å². The zero-order valence-electron chi connectivity index (χ0n) is 17.4. The fourth-order valence-electron chi connectivity index (χ4n) is 4.25. The number of hydrogen-bond donors (Lipinski definition) is 0. The van der Waals surface area contributed by atoms with Gasteiger partial charge in [0.1, 0.15) is 5.58 Å². The third kappa shape index (κ3) is 3.70. The number of benzene rings is 1. The van der Waals surface area contributed by atoms with Crippen LogP contribution >= 0.6 is 0 Å². The summed E-state index contributed by atoms with van der Waals surface area (Å²) < 4.78 is 32.9. The van der Waals surface area contributed by atoms with Crippen LogP contribution in [-0.2, 0) is 10.0 Å². The van der Waals surface area contributed by atoms with E-state index in [1.165, 1.54) is 4.31 Å². The van der Waals surface area contributed by atoms with Crippen molar-refractivity contribution in [3.05, 3.63) is 29.5 Å². The van der Waals surface area contributed by atoms with Gasteiger partial charge < -0.3 is 9.32 Å². The third-order valence-corrected chi connectivity index (χ3v) is 7.65. The van der Waals surface area contributed by atoms with E-state index in [1.807, 2.05) is 25.7 Å². The van der Waals surface area contributed by atoms with Gasteiger partial charge in [-0.3, -0.25) is 4.79 Å². The molecule has 0 bridgehead atoms. The molecule has 154 valence electrons. The van der Waals surface area contributed by atoms with Crippen molar-refractivity contribution in [1.82, 2.24) is 9.21 Å². The van der Waals surface area contributed by atoms with Crippen LogP contribution in [0.2, 0.25) is 0 Å². The van der Waals surface area contributed by atoms with Crippen molar-refractivity contribution in [3.63, 3.8) is 0 Å². The lowest BCUT2D eigenvalue weighted by Crippen LogP contribution is -2.42. The summed E-state index contributed by atoms with van der Waals surface area (Å²) in [6.45, 7) is 12.1. The van der Waals surface area contributed by atoms with Crippen molar-refractivity contribution >= 4 is 26.9 Å². The van der Waals surface area contributed by atoms with Gasteiger partial charge in [-0.2, -0.15) is 4.31 Å². The largest absolute Gasteiger partial charge is 0.451 e. The first kappa shape index (κ1) is 20.9. The van der Waals surface area contributed by atoms with Gasteiger partial charge in [-0.05, 0) is 43.4 Å². The Labute approximate surface area is 167 Å². The molecule has 2 atom stereocenters. The zero-order valence-corrected chi connectivity index (χ0v) is 18.2. The predicted octanol–water partition coefficient (Wildman–Crippen LogP) is 3.89. The Bertz CT molecular complexity index is 966. The number of carbonyl (C=O) groups is 1. The van der Waals surface area contributed by atoms with E-state index in [1.54, 1.807) is 18.2 Å². The van der Waals surface area contributed by atoms with Gasteiger partial charge in [-0.25, -0.2) is 8.42 Å². The van der Waals surface area contributed by atoms with Gasteiger partial charge in [0, 0.05) is 37.1 Å². The number of hydrogen-bond acceptors (Lipinski definition) is 4. The Morgan fingerprint density at radius 3 is 2.36 bits per heavy atom. The van der Waals surface area contributed by atoms with E-state index < -0.39 is 10.0 Å². The van der Waals surface area contributed by atoms with Gasteiger partial charge in [0.25, 0.3) is 5.91 Å². The predicted molar refractivity (Wildman–Crippen MR) is 110 cm³/mol. The second-order valence-electron chi connectivity index (χ2n) is 7.96. The van der Waals surface area contributed by atoms with Crippen LogP contribution in [0, 0.1) is 18.8 Å². The molecule has 2 aromatic rings. The molecule has 0 spiro atoms.